The van der Waals surface area contributed by atoms with Crippen LogP contribution in [0.2, 0.25) is 0 Å². The Hall–Kier alpha value is -2.11. The van der Waals surface area contributed by atoms with Gasteiger partial charge in [-0.25, -0.2) is 0 Å². The topological polar surface area (TPSA) is 78.4 Å². The van der Waals surface area contributed by atoms with E-state index >= 15 is 0 Å². The van der Waals surface area contributed by atoms with E-state index in [0.717, 1.165) is 31.8 Å². The number of carbonyl (C=O) groups excluding carboxylic acids is 1. The third-order valence-corrected chi connectivity index (χ3v) is 3.40. The van der Waals surface area contributed by atoms with Crippen molar-refractivity contribution in [2.24, 2.45) is 10.9 Å². The van der Waals surface area contributed by atoms with Gasteiger partial charge in [-0.05, 0) is 37.8 Å². The third kappa shape index (κ3) is 6.11. The van der Waals surface area contributed by atoms with E-state index in [9.17, 15) is 4.79 Å². The Kier molecular flexibility index (Phi) is 6.67. The molecule has 22 heavy (non-hydrogen) atoms. The molecule has 1 aromatic rings. The lowest BCUT2D eigenvalue weighted by atomic mass is 10.2. The number of amides is 1. The van der Waals surface area contributed by atoms with E-state index in [4.69, 9.17) is 0 Å². The molecule has 0 saturated heterocycles. The number of pyridine rings is 1. The van der Waals surface area contributed by atoms with Gasteiger partial charge in [-0.15, -0.1) is 0 Å². The fourth-order valence-electron chi connectivity index (χ4n) is 2.04. The van der Waals surface area contributed by atoms with Crippen LogP contribution in [0.15, 0.2) is 29.5 Å². The first-order chi connectivity index (χ1) is 10.8. The maximum absolute atomic E-state index is 11.5. The van der Waals surface area contributed by atoms with Crippen LogP contribution in [0.1, 0.15) is 25.3 Å². The van der Waals surface area contributed by atoms with Crippen molar-refractivity contribution < 1.29 is 4.79 Å². The molecule has 0 aromatic carbocycles. The second-order valence-corrected chi connectivity index (χ2v) is 5.36. The lowest BCUT2D eigenvalue weighted by Gasteiger charge is -2.11. The molecule has 0 spiro atoms. The number of guanidine groups is 1. The summed E-state index contributed by atoms with van der Waals surface area (Å²) in [5.41, 5.74) is 1.18. The van der Waals surface area contributed by atoms with Gasteiger partial charge >= 0.3 is 0 Å². The number of hydrogen-bond acceptors (Lipinski definition) is 3. The Morgan fingerprint density at radius 1 is 1.32 bits per heavy atom. The SMILES string of the molecule is CCNC(=NCCc1cccnc1)NCCNC(=O)C1CC1. The molecule has 1 aliphatic rings. The Balaban J connectivity index is 1.66. The average Bonchev–Trinajstić information content (AvgIpc) is 3.37. The minimum Gasteiger partial charge on any atom is -0.357 e. The summed E-state index contributed by atoms with van der Waals surface area (Å²) in [6.07, 6.45) is 6.58. The van der Waals surface area contributed by atoms with Gasteiger partial charge in [-0.2, -0.15) is 0 Å². The van der Waals surface area contributed by atoms with Crippen molar-refractivity contribution in [3.8, 4) is 0 Å². The zero-order valence-corrected chi connectivity index (χ0v) is 13.1. The molecule has 1 heterocycles. The van der Waals surface area contributed by atoms with E-state index in [0.29, 0.717) is 19.6 Å². The first-order valence-electron chi connectivity index (χ1n) is 7.98. The quantitative estimate of drug-likeness (QED) is 0.375. The highest BCUT2D eigenvalue weighted by Crippen LogP contribution is 2.28. The van der Waals surface area contributed by atoms with Gasteiger partial charge in [0.25, 0.3) is 0 Å². The van der Waals surface area contributed by atoms with Crippen molar-refractivity contribution in [1.82, 2.24) is 20.9 Å². The van der Waals surface area contributed by atoms with Crippen LogP contribution in [-0.4, -0.2) is 43.0 Å². The van der Waals surface area contributed by atoms with Gasteiger partial charge in [0.1, 0.15) is 0 Å². The van der Waals surface area contributed by atoms with Crippen molar-refractivity contribution >= 4 is 11.9 Å². The predicted octanol–water partition coefficient (Wildman–Crippen LogP) is 0.705. The van der Waals surface area contributed by atoms with E-state index in [1.165, 1.54) is 5.56 Å². The molecule has 1 aliphatic carbocycles. The molecule has 120 valence electrons. The highest BCUT2D eigenvalue weighted by atomic mass is 16.2. The summed E-state index contributed by atoms with van der Waals surface area (Å²) in [4.78, 5) is 20.1. The van der Waals surface area contributed by atoms with Crippen molar-refractivity contribution in [1.29, 1.82) is 0 Å². The van der Waals surface area contributed by atoms with Crippen LogP contribution in [0.5, 0.6) is 0 Å². The second kappa shape index (κ2) is 9.02. The largest absolute Gasteiger partial charge is 0.357 e. The van der Waals surface area contributed by atoms with Crippen molar-refractivity contribution in [2.45, 2.75) is 26.2 Å². The maximum atomic E-state index is 11.5. The molecule has 1 saturated carbocycles. The minimum absolute atomic E-state index is 0.181. The Labute approximate surface area is 131 Å². The highest BCUT2D eigenvalue weighted by Gasteiger charge is 2.28. The van der Waals surface area contributed by atoms with Crippen molar-refractivity contribution in [3.63, 3.8) is 0 Å². The molecule has 1 amide bonds. The standard InChI is InChI=1S/C16H25N5O/c1-2-18-16(20-9-7-13-4-3-8-17-12-13)21-11-10-19-15(22)14-5-6-14/h3-4,8,12,14H,2,5-7,9-11H2,1H3,(H,19,22)(H2,18,20,21). The van der Waals surface area contributed by atoms with E-state index in [1.807, 2.05) is 19.2 Å². The van der Waals surface area contributed by atoms with Crippen LogP contribution >= 0.6 is 0 Å². The fraction of sp³-hybridized carbons (Fsp3) is 0.562. The first-order valence-corrected chi connectivity index (χ1v) is 7.98. The van der Waals surface area contributed by atoms with Crippen LogP contribution in [0.4, 0.5) is 0 Å². The number of aromatic nitrogens is 1. The molecule has 0 atom stereocenters. The van der Waals surface area contributed by atoms with E-state index in [2.05, 4.69) is 32.0 Å². The number of rotatable bonds is 8. The van der Waals surface area contributed by atoms with Gasteiger partial charge in [0.2, 0.25) is 5.91 Å². The maximum Gasteiger partial charge on any atom is 0.223 e. The summed E-state index contributed by atoms with van der Waals surface area (Å²) in [6.45, 7) is 4.86. The normalized spacial score (nSPS) is 14.5. The van der Waals surface area contributed by atoms with Crippen molar-refractivity contribution in [2.75, 3.05) is 26.2 Å². The number of nitrogens with one attached hydrogen (secondary N) is 3. The Morgan fingerprint density at radius 3 is 2.82 bits per heavy atom. The van der Waals surface area contributed by atoms with Crippen molar-refractivity contribution in [3.05, 3.63) is 30.1 Å². The van der Waals surface area contributed by atoms with Crippen LogP contribution in [-0.2, 0) is 11.2 Å². The third-order valence-electron chi connectivity index (χ3n) is 3.40. The Bertz CT molecular complexity index is 485. The van der Waals surface area contributed by atoms with Gasteiger partial charge in [0.05, 0.1) is 0 Å². The molecular formula is C16H25N5O. The predicted molar refractivity (Wildman–Crippen MR) is 87.7 cm³/mol. The molecule has 2 rings (SSSR count). The molecular weight excluding hydrogens is 278 g/mol. The van der Waals surface area contributed by atoms with Crippen LogP contribution < -0.4 is 16.0 Å². The molecule has 0 radical (unpaired) electrons. The monoisotopic (exact) mass is 303 g/mol. The molecule has 1 aromatic heterocycles. The summed E-state index contributed by atoms with van der Waals surface area (Å²) >= 11 is 0. The second-order valence-electron chi connectivity index (χ2n) is 5.36. The van der Waals surface area contributed by atoms with Crippen LogP contribution in [0.25, 0.3) is 0 Å². The highest BCUT2D eigenvalue weighted by molar-refractivity contribution is 5.81. The summed E-state index contributed by atoms with van der Waals surface area (Å²) in [5.74, 6) is 1.23. The molecule has 0 aliphatic heterocycles. The first kappa shape index (κ1) is 16.3. The molecule has 1 fully saturated rings. The summed E-state index contributed by atoms with van der Waals surface area (Å²) in [5, 5.41) is 9.36. The van der Waals surface area contributed by atoms with E-state index in [-0.39, 0.29) is 11.8 Å². The summed E-state index contributed by atoms with van der Waals surface area (Å²) in [7, 11) is 0. The average molecular weight is 303 g/mol. The summed E-state index contributed by atoms with van der Waals surface area (Å²) < 4.78 is 0. The Morgan fingerprint density at radius 2 is 2.14 bits per heavy atom. The van der Waals surface area contributed by atoms with Gasteiger partial charge in [-0.3, -0.25) is 14.8 Å². The fourth-order valence-corrected chi connectivity index (χ4v) is 2.04. The lowest BCUT2D eigenvalue weighted by Crippen LogP contribution is -2.41. The molecule has 0 bridgehead atoms. The minimum atomic E-state index is 0.181. The van der Waals surface area contributed by atoms with E-state index < -0.39 is 0 Å². The zero-order chi connectivity index (χ0) is 15.6. The number of nitrogens with zero attached hydrogens (tertiary/aromatic N) is 2. The molecule has 6 heteroatoms. The number of hydrogen-bond donors (Lipinski definition) is 3. The smallest absolute Gasteiger partial charge is 0.223 e. The van der Waals surface area contributed by atoms with Crippen LogP contribution in [0.3, 0.4) is 0 Å². The van der Waals surface area contributed by atoms with E-state index in [1.54, 1.807) is 6.20 Å². The lowest BCUT2D eigenvalue weighted by molar-refractivity contribution is -0.122. The number of carbonyl (C=O) groups is 1. The molecule has 3 N–H and O–H groups in total. The van der Waals surface area contributed by atoms with Gasteiger partial charge in [-0.1, -0.05) is 6.07 Å². The van der Waals surface area contributed by atoms with Gasteiger partial charge in [0.15, 0.2) is 5.96 Å². The number of aliphatic imine (C=N–C) groups is 1. The van der Waals surface area contributed by atoms with Gasteiger partial charge < -0.3 is 16.0 Å². The molecule has 0 unspecified atom stereocenters. The van der Waals surface area contributed by atoms with Gasteiger partial charge in [0, 0.05) is 44.5 Å². The molecule has 6 nitrogen and oxygen atoms in total. The zero-order valence-electron chi connectivity index (χ0n) is 13.1. The van der Waals surface area contributed by atoms with Crippen LogP contribution in [0, 0.1) is 5.92 Å². The summed E-state index contributed by atoms with van der Waals surface area (Å²) in [6, 6.07) is 3.99.